The monoisotopic (exact) mass is 813 g/mol. The lowest BCUT2D eigenvalue weighted by Crippen LogP contribution is -3.00. The Morgan fingerprint density at radius 2 is 0.839 bits per heavy atom. The molecule has 0 N–H and O–H groups in total. The summed E-state index contributed by atoms with van der Waals surface area (Å²) < 4.78 is 13.4. The van der Waals surface area contributed by atoms with Crippen molar-refractivity contribution < 1.29 is 34.3 Å². The van der Waals surface area contributed by atoms with E-state index >= 15 is 0 Å². The van der Waals surface area contributed by atoms with Crippen LogP contribution in [0.25, 0.3) is 0 Å². The van der Waals surface area contributed by atoms with E-state index in [0.717, 1.165) is 35.0 Å². The highest BCUT2D eigenvalue weighted by molar-refractivity contribution is 7.95. The van der Waals surface area contributed by atoms with Crippen molar-refractivity contribution in [2.45, 2.75) is 46.0 Å². The minimum absolute atomic E-state index is 0. The lowest BCUT2D eigenvalue weighted by molar-refractivity contribution is -0.133. The highest BCUT2D eigenvalue weighted by atomic mass is 35.5. The van der Waals surface area contributed by atoms with Crippen molar-refractivity contribution >= 4 is 46.4 Å². The summed E-state index contributed by atoms with van der Waals surface area (Å²) in [5.74, 6) is 1.09. The number of fused-ring (bicyclic) bond motifs is 1. The number of aryl methyl sites for hydroxylation is 1. The van der Waals surface area contributed by atoms with Crippen molar-refractivity contribution in [1.82, 2.24) is 4.98 Å². The number of aromatic nitrogens is 1. The van der Waals surface area contributed by atoms with Crippen LogP contribution in [0.2, 0.25) is 0 Å². The van der Waals surface area contributed by atoms with Gasteiger partial charge in [0.1, 0.15) is 64.4 Å². The molecule has 0 radical (unpaired) electrons. The molecular formula is C49H47Cl2NO2P2. The molecule has 7 aromatic rings. The van der Waals surface area contributed by atoms with Crippen LogP contribution in [0.1, 0.15) is 36.4 Å². The molecule has 284 valence electrons. The molecule has 0 aliphatic carbocycles. The third-order valence-corrected chi connectivity index (χ3v) is 19.4. The zero-order chi connectivity index (χ0) is 37.0. The van der Waals surface area contributed by atoms with E-state index in [-0.39, 0.29) is 37.0 Å². The minimum atomic E-state index is -2.32. The van der Waals surface area contributed by atoms with Crippen LogP contribution in [-0.2, 0) is 23.7 Å². The first kappa shape index (κ1) is 41.3. The molecule has 1 aliphatic heterocycles. The van der Waals surface area contributed by atoms with Crippen LogP contribution in [0.4, 0.5) is 0 Å². The van der Waals surface area contributed by atoms with Gasteiger partial charge in [-0.25, -0.2) is 4.98 Å². The van der Waals surface area contributed by atoms with Crippen molar-refractivity contribution in [2.75, 3.05) is 0 Å². The molecule has 6 aromatic carbocycles. The molecule has 1 aliphatic rings. The first-order valence-corrected chi connectivity index (χ1v) is 22.8. The second-order valence-corrected chi connectivity index (χ2v) is 21.4. The first-order valence-electron chi connectivity index (χ1n) is 18.9. The Morgan fingerprint density at radius 3 is 1.16 bits per heavy atom. The smallest absolute Gasteiger partial charge is 0.202 e. The highest BCUT2D eigenvalue weighted by Gasteiger charge is 2.51. The largest absolute Gasteiger partial charge is 1.00 e. The molecule has 0 amide bonds. The van der Waals surface area contributed by atoms with Gasteiger partial charge in [-0.2, -0.15) is 0 Å². The predicted molar refractivity (Wildman–Crippen MR) is 231 cm³/mol. The van der Waals surface area contributed by atoms with Crippen LogP contribution < -0.4 is 61.4 Å². The quantitative estimate of drug-likeness (QED) is 0.188. The summed E-state index contributed by atoms with van der Waals surface area (Å²) in [4.78, 5) is 5.67. The molecule has 3 nitrogen and oxygen atoms in total. The van der Waals surface area contributed by atoms with Gasteiger partial charge in [-0.15, -0.1) is 0 Å². The fourth-order valence-corrected chi connectivity index (χ4v) is 16.6. The van der Waals surface area contributed by atoms with Gasteiger partial charge in [-0.3, -0.25) is 0 Å². The summed E-state index contributed by atoms with van der Waals surface area (Å²) in [6.07, 6.45) is 1.23. The lowest BCUT2D eigenvalue weighted by Gasteiger charge is -2.35. The molecule has 7 heteroatoms. The zero-order valence-electron chi connectivity index (χ0n) is 32.0. The lowest BCUT2D eigenvalue weighted by atomic mass is 10.0. The van der Waals surface area contributed by atoms with Gasteiger partial charge in [0.2, 0.25) is 6.29 Å². The molecular weight excluding hydrogens is 767 g/mol. The number of rotatable bonds is 11. The fraction of sp³-hybridized carbons (Fsp3) is 0.163. The molecule has 8 rings (SSSR count). The SMILES string of the molecule is Cc1nc(C[P+](c2ccccc2)(c2ccccc2)c2ccccc2)c(C[P+](c2ccccc2)(c2ccccc2)c2ccccc2)c2c1OC(C(C)C)OC2.[Cl-].[Cl-]. The van der Waals surface area contributed by atoms with E-state index in [2.05, 4.69) is 203 Å². The Hall–Kier alpha value is -4.33. The van der Waals surface area contributed by atoms with Gasteiger partial charge in [0.15, 0.2) is 0 Å². The van der Waals surface area contributed by atoms with Gasteiger partial charge < -0.3 is 34.3 Å². The van der Waals surface area contributed by atoms with E-state index in [1.165, 1.54) is 37.4 Å². The third-order valence-electron chi connectivity index (χ3n) is 10.8. The Morgan fingerprint density at radius 1 is 0.518 bits per heavy atom. The Kier molecular flexibility index (Phi) is 13.5. The molecule has 0 saturated heterocycles. The summed E-state index contributed by atoms with van der Waals surface area (Å²) in [5.41, 5.74) is 4.43. The van der Waals surface area contributed by atoms with Crippen molar-refractivity contribution in [1.29, 1.82) is 0 Å². The predicted octanol–water partition coefficient (Wildman–Crippen LogP) is 3.28. The molecule has 1 atom stereocenters. The summed E-state index contributed by atoms with van der Waals surface area (Å²) in [6.45, 7) is 6.91. The molecule has 0 bridgehead atoms. The van der Waals surface area contributed by atoms with Gasteiger partial charge >= 0.3 is 0 Å². The summed E-state index contributed by atoms with van der Waals surface area (Å²) in [6, 6.07) is 67.0. The van der Waals surface area contributed by atoms with Crippen molar-refractivity contribution in [3.63, 3.8) is 0 Å². The Bertz CT molecular complexity index is 2100. The molecule has 0 spiro atoms. The number of nitrogens with zero attached hydrogens (tertiary/aromatic N) is 1. The zero-order valence-corrected chi connectivity index (χ0v) is 35.3. The summed E-state index contributed by atoms with van der Waals surface area (Å²) in [5, 5.41) is 8.05. The van der Waals surface area contributed by atoms with Crippen molar-refractivity contribution in [3.8, 4) is 5.75 Å². The number of halogens is 2. The van der Waals surface area contributed by atoms with Gasteiger partial charge in [0.25, 0.3) is 0 Å². The van der Waals surface area contributed by atoms with Crippen LogP contribution in [0.5, 0.6) is 5.75 Å². The summed E-state index contributed by atoms with van der Waals surface area (Å²) in [7, 11) is -4.62. The highest BCUT2D eigenvalue weighted by Crippen LogP contribution is 2.62. The standard InChI is InChI=1S/C49H47NO2P2.2ClH/c1-37(2)49-51-34-45-46(35-53(39-22-10-4-11-23-39,40-24-12-5-13-25-40)41-26-14-6-15-27-41)47(50-38(3)48(45)52-49)36-54(42-28-16-7-17-29-42,43-30-18-8-19-31-43)44-32-20-9-21-33-44;;/h4-33,37,49H,34-36H2,1-3H3;2*1H/q+2;;/p-2. The van der Waals surface area contributed by atoms with Gasteiger partial charge in [-0.1, -0.05) is 123 Å². The number of pyridine rings is 1. The second kappa shape index (κ2) is 18.3. The average molecular weight is 815 g/mol. The molecule has 0 fully saturated rings. The topological polar surface area (TPSA) is 31.4 Å². The number of hydrogen-bond acceptors (Lipinski definition) is 3. The van der Waals surface area contributed by atoms with Crippen LogP contribution >= 0.6 is 14.5 Å². The van der Waals surface area contributed by atoms with E-state index < -0.39 is 14.5 Å². The number of hydrogen-bond donors (Lipinski definition) is 0. The average Bonchev–Trinajstić information content (AvgIpc) is 3.24. The van der Waals surface area contributed by atoms with Gasteiger partial charge in [0, 0.05) is 17.0 Å². The Balaban J connectivity index is 0.00000266. The third kappa shape index (κ3) is 7.82. The molecule has 0 saturated carbocycles. The van der Waals surface area contributed by atoms with Gasteiger partial charge in [0.05, 0.1) is 18.0 Å². The van der Waals surface area contributed by atoms with E-state index in [4.69, 9.17) is 14.5 Å². The maximum Gasteiger partial charge on any atom is 0.202 e. The van der Waals surface area contributed by atoms with E-state index in [0.29, 0.717) is 6.61 Å². The van der Waals surface area contributed by atoms with E-state index in [1.54, 1.807) is 0 Å². The maximum atomic E-state index is 6.77. The van der Waals surface area contributed by atoms with Crippen LogP contribution in [0.15, 0.2) is 182 Å². The van der Waals surface area contributed by atoms with Crippen LogP contribution in [0, 0.1) is 12.8 Å². The first-order chi connectivity index (χ1) is 26.5. The van der Waals surface area contributed by atoms with Gasteiger partial charge in [-0.05, 0) is 79.7 Å². The minimum Gasteiger partial charge on any atom is -1.00 e. The van der Waals surface area contributed by atoms with E-state index in [9.17, 15) is 0 Å². The van der Waals surface area contributed by atoms with Crippen molar-refractivity contribution in [3.05, 3.63) is 205 Å². The molecule has 1 unspecified atom stereocenters. The van der Waals surface area contributed by atoms with Crippen LogP contribution in [-0.4, -0.2) is 11.3 Å². The van der Waals surface area contributed by atoms with Crippen molar-refractivity contribution in [2.24, 2.45) is 5.92 Å². The Labute approximate surface area is 346 Å². The second-order valence-electron chi connectivity index (χ2n) is 14.4. The fourth-order valence-electron chi connectivity index (χ4n) is 8.12. The summed E-state index contributed by atoms with van der Waals surface area (Å²) >= 11 is 0. The molecule has 56 heavy (non-hydrogen) atoms. The van der Waals surface area contributed by atoms with Crippen LogP contribution in [0.3, 0.4) is 0 Å². The number of ether oxygens (including phenoxy) is 2. The normalized spacial score (nSPS) is 13.8. The number of benzene rings is 6. The maximum absolute atomic E-state index is 6.77. The molecule has 1 aromatic heterocycles. The van der Waals surface area contributed by atoms with E-state index in [1.807, 2.05) is 0 Å². The molecule has 2 heterocycles.